The Morgan fingerprint density at radius 3 is 2.61 bits per heavy atom. The molecule has 4 aromatic rings. The van der Waals surface area contributed by atoms with Gasteiger partial charge in [-0.15, -0.1) is 0 Å². The Bertz CT molecular complexity index is 1360. The van der Waals surface area contributed by atoms with Gasteiger partial charge in [0.15, 0.2) is 0 Å². The van der Waals surface area contributed by atoms with Gasteiger partial charge in [-0.1, -0.05) is 42.5 Å². The molecule has 7 heteroatoms. The minimum absolute atomic E-state index is 0.0772. The summed E-state index contributed by atoms with van der Waals surface area (Å²) in [4.78, 5) is 25.4. The molecule has 3 N–H and O–H groups in total. The van der Waals surface area contributed by atoms with Crippen LogP contribution in [-0.2, 0) is 25.7 Å². The van der Waals surface area contributed by atoms with Crippen LogP contribution >= 0.6 is 0 Å². The average molecular weight is 483 g/mol. The first kappa shape index (κ1) is 23.8. The van der Waals surface area contributed by atoms with E-state index in [0.29, 0.717) is 18.5 Å². The fourth-order valence-electron chi connectivity index (χ4n) is 4.80. The number of H-pyrrole nitrogens is 1. The van der Waals surface area contributed by atoms with Crippen molar-refractivity contribution in [1.29, 1.82) is 0 Å². The number of fused-ring (bicyclic) bond motifs is 1. The van der Waals surface area contributed by atoms with Crippen LogP contribution in [0.4, 0.5) is 0 Å². The maximum Gasteiger partial charge on any atom is 0.267 e. The number of carbonyl (C=O) groups is 1. The summed E-state index contributed by atoms with van der Waals surface area (Å²) < 4.78 is 5.26. The van der Waals surface area contributed by atoms with Crippen molar-refractivity contribution in [3.05, 3.63) is 123 Å². The number of nitrogens with zero attached hydrogens (tertiary/aromatic N) is 1. The van der Waals surface area contributed by atoms with Crippen LogP contribution < -0.4 is 16.2 Å². The standard InChI is InChI=1S/C29H30N4O3/c34-28(31-27(23-14-16-36-19-23)30-15-13-20-7-2-1-3-8-20)22-10-6-9-21(17-22)18-26-24-11-4-5-12-25(24)29(35)33-32-26/h1-3,6-10,14,16-17,19,27,30H,4-5,11-13,15,18H2,(H,31,34)(H,33,35). The van der Waals surface area contributed by atoms with Crippen LogP contribution in [0, 0.1) is 0 Å². The SMILES string of the molecule is O=C(NC(NCCc1ccccc1)c1ccoc1)c1cccc(Cc2n[nH]c(=O)c3c2CCCC3)c1. The Morgan fingerprint density at radius 1 is 1.00 bits per heavy atom. The van der Waals surface area contributed by atoms with Gasteiger partial charge in [0.05, 0.1) is 18.2 Å². The van der Waals surface area contributed by atoms with E-state index in [1.165, 1.54) is 5.56 Å². The number of aromatic nitrogens is 2. The molecule has 1 unspecified atom stereocenters. The predicted molar refractivity (Wildman–Crippen MR) is 138 cm³/mol. The van der Waals surface area contributed by atoms with E-state index in [1.54, 1.807) is 12.5 Å². The normalized spacial score (nSPS) is 13.7. The molecular weight excluding hydrogens is 452 g/mol. The van der Waals surface area contributed by atoms with E-state index in [9.17, 15) is 9.59 Å². The van der Waals surface area contributed by atoms with Gasteiger partial charge in [0.1, 0.15) is 6.17 Å². The molecule has 2 aromatic heterocycles. The van der Waals surface area contributed by atoms with Crippen molar-refractivity contribution in [2.45, 2.75) is 44.7 Å². The lowest BCUT2D eigenvalue weighted by atomic mass is 9.90. The molecule has 0 bridgehead atoms. The van der Waals surface area contributed by atoms with Crippen molar-refractivity contribution in [3.8, 4) is 0 Å². The van der Waals surface area contributed by atoms with Gasteiger partial charge in [0, 0.05) is 29.7 Å². The number of hydrogen-bond acceptors (Lipinski definition) is 5. The number of carbonyl (C=O) groups excluding carboxylic acids is 1. The molecule has 1 aliphatic rings. The zero-order valence-corrected chi connectivity index (χ0v) is 20.1. The van der Waals surface area contributed by atoms with Crippen molar-refractivity contribution in [2.75, 3.05) is 6.54 Å². The Morgan fingerprint density at radius 2 is 1.81 bits per heavy atom. The third-order valence-electron chi connectivity index (χ3n) is 6.70. The van der Waals surface area contributed by atoms with Gasteiger partial charge in [-0.3, -0.25) is 14.9 Å². The van der Waals surface area contributed by atoms with Crippen molar-refractivity contribution in [2.24, 2.45) is 0 Å². The van der Waals surface area contributed by atoms with Gasteiger partial charge in [0.2, 0.25) is 0 Å². The van der Waals surface area contributed by atoms with E-state index >= 15 is 0 Å². The number of rotatable bonds is 9. The van der Waals surface area contributed by atoms with E-state index in [1.807, 2.05) is 48.5 Å². The van der Waals surface area contributed by atoms with E-state index < -0.39 is 0 Å². The first-order valence-electron chi connectivity index (χ1n) is 12.5. The monoisotopic (exact) mass is 482 g/mol. The second-order valence-electron chi connectivity index (χ2n) is 9.19. The highest BCUT2D eigenvalue weighted by molar-refractivity contribution is 5.94. The summed E-state index contributed by atoms with van der Waals surface area (Å²) >= 11 is 0. The summed E-state index contributed by atoms with van der Waals surface area (Å²) in [5, 5.41) is 13.5. The zero-order valence-electron chi connectivity index (χ0n) is 20.1. The van der Waals surface area contributed by atoms with Crippen LogP contribution in [-0.4, -0.2) is 22.6 Å². The molecule has 2 heterocycles. The average Bonchev–Trinajstić information content (AvgIpc) is 3.46. The maximum atomic E-state index is 13.2. The first-order chi connectivity index (χ1) is 17.7. The summed E-state index contributed by atoms with van der Waals surface area (Å²) in [6.45, 7) is 0.698. The molecule has 0 radical (unpaired) electrons. The van der Waals surface area contributed by atoms with E-state index in [4.69, 9.17) is 4.42 Å². The summed E-state index contributed by atoms with van der Waals surface area (Å²) in [7, 11) is 0. The molecular formula is C29H30N4O3. The summed E-state index contributed by atoms with van der Waals surface area (Å²) in [5.41, 5.74) is 6.39. The lowest BCUT2D eigenvalue weighted by molar-refractivity contribution is 0.0929. The van der Waals surface area contributed by atoms with Gasteiger partial charge in [0.25, 0.3) is 11.5 Å². The van der Waals surface area contributed by atoms with E-state index in [0.717, 1.165) is 60.1 Å². The summed E-state index contributed by atoms with van der Waals surface area (Å²) in [6, 6.07) is 19.7. The summed E-state index contributed by atoms with van der Waals surface area (Å²) in [6.07, 6.45) is 8.06. The molecule has 2 aromatic carbocycles. The Kier molecular flexibility index (Phi) is 7.38. The molecule has 7 nitrogen and oxygen atoms in total. The second kappa shape index (κ2) is 11.2. The minimum atomic E-state index is -0.378. The van der Waals surface area contributed by atoms with Crippen molar-refractivity contribution in [1.82, 2.24) is 20.8 Å². The van der Waals surface area contributed by atoms with Crippen molar-refractivity contribution < 1.29 is 9.21 Å². The van der Waals surface area contributed by atoms with Crippen molar-refractivity contribution >= 4 is 5.91 Å². The highest BCUT2D eigenvalue weighted by atomic mass is 16.3. The Hall–Kier alpha value is -3.97. The lowest BCUT2D eigenvalue weighted by Crippen LogP contribution is -2.38. The third-order valence-corrected chi connectivity index (χ3v) is 6.70. The molecule has 36 heavy (non-hydrogen) atoms. The highest BCUT2D eigenvalue weighted by Crippen LogP contribution is 2.22. The van der Waals surface area contributed by atoms with Gasteiger partial charge in [-0.25, -0.2) is 5.10 Å². The molecule has 1 aliphatic carbocycles. The predicted octanol–water partition coefficient (Wildman–Crippen LogP) is 4.09. The van der Waals surface area contributed by atoms with Gasteiger partial charge < -0.3 is 9.73 Å². The molecule has 0 fully saturated rings. The Labute approximate surface area is 210 Å². The number of aromatic amines is 1. The first-order valence-corrected chi connectivity index (χ1v) is 12.5. The van der Waals surface area contributed by atoms with Gasteiger partial charge in [-0.05, 0) is 67.0 Å². The summed E-state index contributed by atoms with van der Waals surface area (Å²) in [5.74, 6) is -0.174. The van der Waals surface area contributed by atoms with Gasteiger partial charge >= 0.3 is 0 Å². The number of furan rings is 1. The quantitative estimate of drug-likeness (QED) is 0.312. The molecule has 1 amide bonds. The largest absolute Gasteiger partial charge is 0.472 e. The molecule has 184 valence electrons. The fourth-order valence-corrected chi connectivity index (χ4v) is 4.80. The molecule has 1 atom stereocenters. The number of nitrogens with one attached hydrogen (secondary N) is 3. The highest BCUT2D eigenvalue weighted by Gasteiger charge is 2.19. The topological polar surface area (TPSA) is 100 Å². The third kappa shape index (κ3) is 5.63. The van der Waals surface area contributed by atoms with Crippen LogP contribution in [0.5, 0.6) is 0 Å². The van der Waals surface area contributed by atoms with Crippen LogP contribution in [0.3, 0.4) is 0 Å². The smallest absolute Gasteiger partial charge is 0.267 e. The fraction of sp³-hybridized carbons (Fsp3) is 0.276. The number of hydrogen-bond donors (Lipinski definition) is 3. The minimum Gasteiger partial charge on any atom is -0.472 e. The lowest BCUT2D eigenvalue weighted by Gasteiger charge is -2.20. The van der Waals surface area contributed by atoms with E-state index in [-0.39, 0.29) is 17.6 Å². The molecule has 5 rings (SSSR count). The Balaban J connectivity index is 1.28. The van der Waals surface area contributed by atoms with Crippen LogP contribution in [0.15, 0.2) is 82.4 Å². The van der Waals surface area contributed by atoms with Gasteiger partial charge in [-0.2, -0.15) is 5.10 Å². The van der Waals surface area contributed by atoms with Crippen LogP contribution in [0.25, 0.3) is 0 Å². The molecule has 0 saturated heterocycles. The zero-order chi connectivity index (χ0) is 24.7. The molecule has 0 aliphatic heterocycles. The van der Waals surface area contributed by atoms with Crippen LogP contribution in [0.1, 0.15) is 62.9 Å². The van der Waals surface area contributed by atoms with E-state index in [2.05, 4.69) is 33.0 Å². The second-order valence-corrected chi connectivity index (χ2v) is 9.19. The van der Waals surface area contributed by atoms with Crippen LogP contribution in [0.2, 0.25) is 0 Å². The number of amides is 1. The van der Waals surface area contributed by atoms with Crippen molar-refractivity contribution in [3.63, 3.8) is 0 Å². The molecule has 0 saturated carbocycles. The maximum absolute atomic E-state index is 13.2. The number of benzene rings is 2. The molecule has 0 spiro atoms.